The molecule has 0 bridgehead atoms. The quantitative estimate of drug-likeness (QED) is 0.220. The SMILES string of the molecule is CCOc1cc(/C=C(\C#N)C(=O)Nc2ccc(Br)cc2)cc(Br)c1Cc1ccccc1Br. The zero-order valence-electron chi connectivity index (χ0n) is 17.2. The summed E-state index contributed by atoms with van der Waals surface area (Å²) in [7, 11) is 0. The number of hydrogen-bond acceptors (Lipinski definition) is 3. The third-order valence-corrected chi connectivity index (χ3v) is 6.59. The lowest BCUT2D eigenvalue weighted by molar-refractivity contribution is -0.112. The largest absolute Gasteiger partial charge is 0.494 e. The summed E-state index contributed by atoms with van der Waals surface area (Å²) >= 11 is 10.6. The third-order valence-electron chi connectivity index (χ3n) is 4.58. The highest BCUT2D eigenvalue weighted by atomic mass is 79.9. The van der Waals surface area contributed by atoms with Crippen LogP contribution in [0.3, 0.4) is 0 Å². The Labute approximate surface area is 212 Å². The molecule has 1 amide bonds. The topological polar surface area (TPSA) is 62.1 Å². The number of rotatable bonds is 7. The van der Waals surface area contributed by atoms with Crippen molar-refractivity contribution in [1.82, 2.24) is 0 Å². The first-order valence-electron chi connectivity index (χ1n) is 9.78. The maximum Gasteiger partial charge on any atom is 0.266 e. The summed E-state index contributed by atoms with van der Waals surface area (Å²) in [5.74, 6) is 0.232. The fourth-order valence-electron chi connectivity index (χ4n) is 3.05. The average Bonchev–Trinajstić information content (AvgIpc) is 2.77. The molecule has 0 radical (unpaired) electrons. The van der Waals surface area contributed by atoms with Gasteiger partial charge in [0.25, 0.3) is 5.91 Å². The van der Waals surface area contributed by atoms with Crippen LogP contribution in [0.1, 0.15) is 23.6 Å². The Morgan fingerprint density at radius 2 is 1.78 bits per heavy atom. The van der Waals surface area contributed by atoms with E-state index >= 15 is 0 Å². The molecule has 3 rings (SSSR count). The van der Waals surface area contributed by atoms with Crippen molar-refractivity contribution in [2.75, 3.05) is 11.9 Å². The summed E-state index contributed by atoms with van der Waals surface area (Å²) in [5.41, 5.74) is 3.43. The zero-order chi connectivity index (χ0) is 23.1. The zero-order valence-corrected chi connectivity index (χ0v) is 21.9. The van der Waals surface area contributed by atoms with Gasteiger partial charge in [-0.3, -0.25) is 4.79 Å². The van der Waals surface area contributed by atoms with Crippen LogP contribution < -0.4 is 10.1 Å². The number of carbonyl (C=O) groups is 1. The second-order valence-electron chi connectivity index (χ2n) is 6.81. The molecule has 0 saturated heterocycles. The molecule has 0 spiro atoms. The smallest absolute Gasteiger partial charge is 0.266 e. The maximum atomic E-state index is 12.6. The number of nitrogens with zero attached hydrogens (tertiary/aromatic N) is 1. The predicted octanol–water partition coefficient (Wildman–Crippen LogP) is 7.51. The lowest BCUT2D eigenvalue weighted by Crippen LogP contribution is -2.13. The minimum absolute atomic E-state index is 0.000760. The van der Waals surface area contributed by atoms with Gasteiger partial charge in [-0.05, 0) is 66.6 Å². The third kappa shape index (κ3) is 6.32. The monoisotopic (exact) mass is 616 g/mol. The Kier molecular flexibility index (Phi) is 8.68. The van der Waals surface area contributed by atoms with Gasteiger partial charge in [0, 0.05) is 31.1 Å². The van der Waals surface area contributed by atoms with Crippen molar-refractivity contribution in [1.29, 1.82) is 5.26 Å². The lowest BCUT2D eigenvalue weighted by atomic mass is 10.0. The molecule has 3 aromatic rings. The van der Waals surface area contributed by atoms with Crippen LogP contribution in [0.5, 0.6) is 5.75 Å². The molecule has 0 saturated carbocycles. The Bertz CT molecular complexity index is 1200. The van der Waals surface area contributed by atoms with Crippen molar-refractivity contribution < 1.29 is 9.53 Å². The van der Waals surface area contributed by atoms with Crippen LogP contribution in [0, 0.1) is 11.3 Å². The first kappa shape index (κ1) is 24.2. The van der Waals surface area contributed by atoms with E-state index in [1.54, 1.807) is 18.2 Å². The second kappa shape index (κ2) is 11.5. The lowest BCUT2D eigenvalue weighted by Gasteiger charge is -2.15. The first-order chi connectivity index (χ1) is 15.4. The van der Waals surface area contributed by atoms with Gasteiger partial charge in [-0.25, -0.2) is 0 Å². The standard InChI is InChI=1S/C25H19Br3N2O2/c1-2-32-24-13-16(12-23(28)21(24)14-17-5-3-4-6-22(17)27)11-18(15-29)25(31)30-20-9-7-19(26)8-10-20/h3-13H,2,14H2,1H3,(H,30,31)/b18-11+. The van der Waals surface area contributed by atoms with Gasteiger partial charge in [0.1, 0.15) is 17.4 Å². The fraction of sp³-hybridized carbons (Fsp3) is 0.120. The number of amides is 1. The number of nitriles is 1. The average molecular weight is 619 g/mol. The van der Waals surface area contributed by atoms with E-state index in [1.807, 2.05) is 55.5 Å². The van der Waals surface area contributed by atoms with E-state index < -0.39 is 5.91 Å². The van der Waals surface area contributed by atoms with Crippen LogP contribution in [-0.4, -0.2) is 12.5 Å². The molecule has 32 heavy (non-hydrogen) atoms. The van der Waals surface area contributed by atoms with Gasteiger partial charge >= 0.3 is 0 Å². The number of anilines is 1. The van der Waals surface area contributed by atoms with Gasteiger partial charge in [0.05, 0.1) is 6.61 Å². The molecule has 162 valence electrons. The molecule has 0 aliphatic rings. The molecule has 0 unspecified atom stereocenters. The molecular formula is C25H19Br3N2O2. The van der Waals surface area contributed by atoms with Crippen molar-refractivity contribution in [2.45, 2.75) is 13.3 Å². The van der Waals surface area contributed by atoms with Crippen LogP contribution >= 0.6 is 47.8 Å². The summed E-state index contributed by atoms with van der Waals surface area (Å²) in [4.78, 5) is 12.6. The molecule has 3 aromatic carbocycles. The second-order valence-corrected chi connectivity index (χ2v) is 9.44. The Morgan fingerprint density at radius 3 is 2.44 bits per heavy atom. The molecule has 0 aliphatic heterocycles. The summed E-state index contributed by atoms with van der Waals surface area (Å²) in [6, 6.07) is 20.9. The molecular weight excluding hydrogens is 600 g/mol. The van der Waals surface area contributed by atoms with Gasteiger partial charge in [0.2, 0.25) is 0 Å². The van der Waals surface area contributed by atoms with E-state index in [0.717, 1.165) is 24.5 Å². The first-order valence-corrected chi connectivity index (χ1v) is 12.2. The van der Waals surface area contributed by atoms with Crippen LogP contribution in [0.4, 0.5) is 5.69 Å². The van der Waals surface area contributed by atoms with E-state index in [9.17, 15) is 10.1 Å². The van der Waals surface area contributed by atoms with Crippen molar-refractivity contribution in [3.63, 3.8) is 0 Å². The van der Waals surface area contributed by atoms with E-state index in [1.165, 1.54) is 0 Å². The number of benzene rings is 3. The summed E-state index contributed by atoms with van der Waals surface area (Å²) in [6.07, 6.45) is 2.22. The molecule has 7 heteroatoms. The van der Waals surface area contributed by atoms with Gasteiger partial charge in [0.15, 0.2) is 0 Å². The molecule has 0 fully saturated rings. The van der Waals surface area contributed by atoms with Crippen LogP contribution in [0.25, 0.3) is 6.08 Å². The highest BCUT2D eigenvalue weighted by molar-refractivity contribution is 9.11. The van der Waals surface area contributed by atoms with Crippen molar-refractivity contribution in [3.8, 4) is 11.8 Å². The number of carbonyl (C=O) groups excluding carboxylic acids is 1. The number of nitrogens with one attached hydrogen (secondary N) is 1. The number of hydrogen-bond donors (Lipinski definition) is 1. The maximum absolute atomic E-state index is 12.6. The minimum atomic E-state index is -0.471. The highest BCUT2D eigenvalue weighted by Gasteiger charge is 2.15. The summed E-state index contributed by atoms with van der Waals surface area (Å²) < 4.78 is 8.66. The van der Waals surface area contributed by atoms with Gasteiger partial charge in [-0.15, -0.1) is 0 Å². The molecule has 0 aromatic heterocycles. The highest BCUT2D eigenvalue weighted by Crippen LogP contribution is 2.33. The Hall–Kier alpha value is -2.40. The summed E-state index contributed by atoms with van der Waals surface area (Å²) in [5, 5.41) is 12.3. The number of halogens is 3. The van der Waals surface area contributed by atoms with E-state index in [4.69, 9.17) is 4.74 Å². The van der Waals surface area contributed by atoms with E-state index in [0.29, 0.717) is 30.0 Å². The minimum Gasteiger partial charge on any atom is -0.494 e. The number of ether oxygens (including phenoxy) is 1. The Balaban J connectivity index is 1.91. The summed E-state index contributed by atoms with van der Waals surface area (Å²) in [6.45, 7) is 2.42. The van der Waals surface area contributed by atoms with E-state index in [-0.39, 0.29) is 5.57 Å². The van der Waals surface area contributed by atoms with Gasteiger partial charge in [-0.1, -0.05) is 66.0 Å². The molecule has 0 heterocycles. The molecule has 1 N–H and O–H groups in total. The van der Waals surface area contributed by atoms with Crippen LogP contribution in [0.2, 0.25) is 0 Å². The van der Waals surface area contributed by atoms with Crippen LogP contribution in [0.15, 0.2) is 79.7 Å². The van der Waals surface area contributed by atoms with Crippen molar-refractivity contribution >= 4 is 65.5 Å². The van der Waals surface area contributed by atoms with Gasteiger partial charge < -0.3 is 10.1 Å². The molecule has 4 nitrogen and oxygen atoms in total. The Morgan fingerprint density at radius 1 is 1.06 bits per heavy atom. The van der Waals surface area contributed by atoms with Crippen molar-refractivity contribution in [2.24, 2.45) is 0 Å². The fourth-order valence-corrected chi connectivity index (χ4v) is 4.34. The van der Waals surface area contributed by atoms with Crippen molar-refractivity contribution in [3.05, 3.63) is 96.3 Å². The van der Waals surface area contributed by atoms with Gasteiger partial charge in [-0.2, -0.15) is 5.26 Å². The predicted molar refractivity (Wildman–Crippen MR) is 139 cm³/mol. The van der Waals surface area contributed by atoms with Crippen LogP contribution in [-0.2, 0) is 11.2 Å². The molecule has 0 aliphatic carbocycles. The van der Waals surface area contributed by atoms with E-state index in [2.05, 4.69) is 59.2 Å². The normalized spacial score (nSPS) is 11.0. The molecule has 0 atom stereocenters.